The normalized spacial score (nSPS) is 10.6. The molecule has 23 heavy (non-hydrogen) atoms. The second-order valence-corrected chi connectivity index (χ2v) is 4.41. The van der Waals surface area contributed by atoms with E-state index in [2.05, 4.69) is 30.8 Å². The zero-order valence-corrected chi connectivity index (χ0v) is 11.9. The SMILES string of the molecule is COc1ccc(-n2cnnn2)c(CNc2cc(F)ncn2)c1F. The maximum Gasteiger partial charge on any atom is 0.217 e. The molecule has 0 amide bonds. The van der Waals surface area contributed by atoms with Crippen LogP contribution in [0.5, 0.6) is 5.75 Å². The van der Waals surface area contributed by atoms with Crippen molar-refractivity contribution in [2.75, 3.05) is 12.4 Å². The topological polar surface area (TPSA) is 90.6 Å². The zero-order valence-electron chi connectivity index (χ0n) is 11.9. The van der Waals surface area contributed by atoms with Gasteiger partial charge in [0.25, 0.3) is 0 Å². The van der Waals surface area contributed by atoms with Gasteiger partial charge in [-0.25, -0.2) is 19.0 Å². The highest BCUT2D eigenvalue weighted by Gasteiger charge is 2.16. The third-order valence-electron chi connectivity index (χ3n) is 3.08. The molecule has 0 aliphatic rings. The number of aromatic nitrogens is 6. The van der Waals surface area contributed by atoms with Gasteiger partial charge in [0.05, 0.1) is 12.8 Å². The first-order chi connectivity index (χ1) is 11.2. The van der Waals surface area contributed by atoms with Crippen molar-refractivity contribution in [2.24, 2.45) is 0 Å². The predicted octanol–water partition coefficient (Wildman–Crippen LogP) is 1.35. The predicted molar refractivity (Wildman–Crippen MR) is 75.0 cm³/mol. The number of benzene rings is 1. The van der Waals surface area contributed by atoms with Crippen LogP contribution >= 0.6 is 0 Å². The Balaban J connectivity index is 1.95. The minimum Gasteiger partial charge on any atom is -0.494 e. The van der Waals surface area contributed by atoms with Crippen LogP contribution in [0, 0.1) is 11.8 Å². The minimum absolute atomic E-state index is 0.0225. The second-order valence-electron chi connectivity index (χ2n) is 4.41. The van der Waals surface area contributed by atoms with Gasteiger partial charge in [0.15, 0.2) is 11.6 Å². The van der Waals surface area contributed by atoms with Gasteiger partial charge < -0.3 is 10.1 Å². The molecule has 10 heteroatoms. The lowest BCUT2D eigenvalue weighted by Gasteiger charge is -2.13. The molecule has 1 N–H and O–H groups in total. The van der Waals surface area contributed by atoms with Gasteiger partial charge in [-0.15, -0.1) is 5.10 Å². The first-order valence-corrected chi connectivity index (χ1v) is 6.49. The summed E-state index contributed by atoms with van der Waals surface area (Å²) in [6, 6.07) is 4.20. The number of hydrogen-bond donors (Lipinski definition) is 1. The molecule has 8 nitrogen and oxygen atoms in total. The molecule has 0 bridgehead atoms. The van der Waals surface area contributed by atoms with Crippen LogP contribution in [0.3, 0.4) is 0 Å². The molecule has 1 aromatic carbocycles. The standard InChI is InChI=1S/C13H11F2N7O/c1-23-10-3-2-9(22-7-19-20-21-22)8(13(10)15)5-16-12-4-11(14)17-6-18-12/h2-4,6-7H,5H2,1H3,(H,16,17,18). The molecule has 3 rings (SSSR count). The van der Waals surface area contributed by atoms with Crippen molar-refractivity contribution in [3.05, 3.63) is 48.2 Å². The number of nitrogens with zero attached hydrogens (tertiary/aromatic N) is 6. The molecule has 3 aromatic rings. The number of nitrogens with one attached hydrogen (secondary N) is 1. The van der Waals surface area contributed by atoms with E-state index >= 15 is 0 Å². The number of halogens is 2. The third-order valence-corrected chi connectivity index (χ3v) is 3.08. The van der Waals surface area contributed by atoms with E-state index in [1.807, 2.05) is 0 Å². The van der Waals surface area contributed by atoms with E-state index < -0.39 is 11.8 Å². The molecule has 0 fully saturated rings. The van der Waals surface area contributed by atoms with Crippen molar-refractivity contribution in [1.82, 2.24) is 30.2 Å². The van der Waals surface area contributed by atoms with Crippen LogP contribution in [0.2, 0.25) is 0 Å². The molecule has 0 saturated carbocycles. The Morgan fingerprint density at radius 2 is 2.13 bits per heavy atom. The zero-order chi connectivity index (χ0) is 16.2. The third kappa shape index (κ3) is 3.05. The highest BCUT2D eigenvalue weighted by Crippen LogP contribution is 2.26. The van der Waals surface area contributed by atoms with E-state index in [1.165, 1.54) is 24.2 Å². The molecule has 0 unspecified atom stereocenters. The summed E-state index contributed by atoms with van der Waals surface area (Å²) in [6.45, 7) is 0.0225. The van der Waals surface area contributed by atoms with E-state index in [4.69, 9.17) is 4.74 Å². The largest absolute Gasteiger partial charge is 0.494 e. The fourth-order valence-corrected chi connectivity index (χ4v) is 2.01. The maximum absolute atomic E-state index is 14.6. The van der Waals surface area contributed by atoms with Crippen molar-refractivity contribution < 1.29 is 13.5 Å². The quantitative estimate of drug-likeness (QED) is 0.710. The lowest BCUT2D eigenvalue weighted by Crippen LogP contribution is -2.10. The van der Waals surface area contributed by atoms with Crippen molar-refractivity contribution in [3.63, 3.8) is 0 Å². The van der Waals surface area contributed by atoms with Crippen molar-refractivity contribution >= 4 is 5.82 Å². The van der Waals surface area contributed by atoms with Gasteiger partial charge >= 0.3 is 0 Å². The Labute approximate surface area is 129 Å². The first kappa shape index (κ1) is 14.8. The fraction of sp³-hybridized carbons (Fsp3) is 0.154. The Kier molecular flexibility index (Phi) is 4.04. The molecule has 0 aliphatic carbocycles. The molecule has 2 aromatic heterocycles. The molecule has 118 valence electrons. The van der Waals surface area contributed by atoms with E-state index in [-0.39, 0.29) is 23.7 Å². The van der Waals surface area contributed by atoms with E-state index in [9.17, 15) is 8.78 Å². The average molecular weight is 319 g/mol. The van der Waals surface area contributed by atoms with Crippen LogP contribution in [0.1, 0.15) is 5.56 Å². The van der Waals surface area contributed by atoms with Crippen LogP contribution in [-0.4, -0.2) is 37.3 Å². The lowest BCUT2D eigenvalue weighted by atomic mass is 10.1. The summed E-state index contributed by atoms with van der Waals surface area (Å²) in [5, 5.41) is 13.6. The van der Waals surface area contributed by atoms with Crippen molar-refractivity contribution in [1.29, 1.82) is 0 Å². The summed E-state index contributed by atoms with van der Waals surface area (Å²) in [5.41, 5.74) is 0.672. The molecular weight excluding hydrogens is 308 g/mol. The molecule has 0 radical (unpaired) electrons. The van der Waals surface area contributed by atoms with Gasteiger partial charge in [-0.3, -0.25) is 0 Å². The van der Waals surface area contributed by atoms with E-state index in [0.717, 1.165) is 12.4 Å². The van der Waals surface area contributed by atoms with Crippen LogP contribution in [0.15, 0.2) is 30.9 Å². The van der Waals surface area contributed by atoms with E-state index in [0.29, 0.717) is 5.69 Å². The number of ether oxygens (including phenoxy) is 1. The van der Waals surface area contributed by atoms with Crippen molar-refractivity contribution in [3.8, 4) is 11.4 Å². The first-order valence-electron chi connectivity index (χ1n) is 6.49. The van der Waals surface area contributed by atoms with Gasteiger partial charge in [0.2, 0.25) is 5.95 Å². The Bertz CT molecular complexity index is 810. The molecule has 0 spiro atoms. The Hall–Kier alpha value is -3.17. The van der Waals surface area contributed by atoms with Crippen LogP contribution in [-0.2, 0) is 6.54 Å². The molecule has 0 atom stereocenters. The second kappa shape index (κ2) is 6.30. The molecule has 0 saturated heterocycles. The summed E-state index contributed by atoms with van der Waals surface area (Å²) < 4.78 is 33.9. The molecular formula is C13H11F2N7O. The maximum atomic E-state index is 14.6. The van der Waals surface area contributed by atoms with Crippen LogP contribution in [0.4, 0.5) is 14.6 Å². The summed E-state index contributed by atoms with van der Waals surface area (Å²) in [4.78, 5) is 7.21. The smallest absolute Gasteiger partial charge is 0.217 e. The van der Waals surface area contributed by atoms with Crippen LogP contribution in [0.25, 0.3) is 5.69 Å². The van der Waals surface area contributed by atoms with Crippen LogP contribution < -0.4 is 10.1 Å². The minimum atomic E-state index is -0.686. The number of rotatable bonds is 5. The van der Waals surface area contributed by atoms with Gasteiger partial charge in [-0.1, -0.05) is 0 Å². The number of anilines is 1. The Morgan fingerprint density at radius 3 is 2.83 bits per heavy atom. The van der Waals surface area contributed by atoms with Gasteiger partial charge in [0.1, 0.15) is 18.5 Å². The lowest BCUT2D eigenvalue weighted by molar-refractivity contribution is 0.384. The summed E-state index contributed by atoms with van der Waals surface area (Å²) in [6.07, 6.45) is 2.41. The number of hydrogen-bond acceptors (Lipinski definition) is 7. The van der Waals surface area contributed by atoms with Crippen molar-refractivity contribution in [2.45, 2.75) is 6.54 Å². The number of methoxy groups -OCH3 is 1. The average Bonchev–Trinajstić information content (AvgIpc) is 3.08. The van der Waals surface area contributed by atoms with Gasteiger partial charge in [0, 0.05) is 18.2 Å². The highest BCUT2D eigenvalue weighted by molar-refractivity contribution is 5.48. The Morgan fingerprint density at radius 1 is 1.26 bits per heavy atom. The summed E-state index contributed by atoms with van der Waals surface area (Å²) in [7, 11) is 1.37. The fourth-order valence-electron chi connectivity index (χ4n) is 2.01. The van der Waals surface area contributed by atoms with Gasteiger partial charge in [-0.05, 0) is 22.6 Å². The highest BCUT2D eigenvalue weighted by atomic mass is 19.1. The summed E-state index contributed by atoms with van der Waals surface area (Å²) >= 11 is 0. The summed E-state index contributed by atoms with van der Waals surface area (Å²) in [5.74, 6) is -0.952. The molecule has 0 aliphatic heterocycles. The monoisotopic (exact) mass is 319 g/mol. The number of tetrazole rings is 1. The van der Waals surface area contributed by atoms with E-state index in [1.54, 1.807) is 6.07 Å². The molecule has 2 heterocycles. The van der Waals surface area contributed by atoms with Gasteiger partial charge in [-0.2, -0.15) is 4.39 Å².